The molecule has 1 aromatic rings. The lowest BCUT2D eigenvalue weighted by Gasteiger charge is -2.02. The number of aromatic nitrogens is 2. The summed E-state index contributed by atoms with van der Waals surface area (Å²) in [6.07, 6.45) is 0.644. The van der Waals surface area contributed by atoms with E-state index in [1.165, 1.54) is 0 Å². The zero-order valence-corrected chi connectivity index (χ0v) is 9.03. The summed E-state index contributed by atoms with van der Waals surface area (Å²) in [4.78, 5) is 10.6. The van der Waals surface area contributed by atoms with Crippen molar-refractivity contribution in [2.24, 2.45) is 0 Å². The van der Waals surface area contributed by atoms with Gasteiger partial charge in [0.05, 0.1) is 12.1 Å². The van der Waals surface area contributed by atoms with E-state index in [1.807, 2.05) is 6.92 Å². The molecule has 1 aromatic heterocycles. The predicted octanol–water partition coefficient (Wildman–Crippen LogP) is 0.509. The minimum absolute atomic E-state index is 0.0107. The second-order valence-electron chi connectivity index (χ2n) is 3.52. The van der Waals surface area contributed by atoms with Gasteiger partial charge in [0.2, 0.25) is 0 Å². The van der Waals surface area contributed by atoms with E-state index < -0.39 is 5.97 Å². The molecule has 0 spiro atoms. The van der Waals surface area contributed by atoms with Gasteiger partial charge in [0.1, 0.15) is 0 Å². The first-order valence-electron chi connectivity index (χ1n) is 4.91. The molecule has 0 aliphatic carbocycles. The van der Waals surface area contributed by atoms with Crippen LogP contribution in [0.3, 0.4) is 0 Å². The van der Waals surface area contributed by atoms with Crippen LogP contribution in [0.25, 0.3) is 0 Å². The molecule has 1 rings (SSSR count). The van der Waals surface area contributed by atoms with Gasteiger partial charge >= 0.3 is 5.97 Å². The summed E-state index contributed by atoms with van der Waals surface area (Å²) in [5.74, 6) is -0.845. The summed E-state index contributed by atoms with van der Waals surface area (Å²) in [7, 11) is 0. The Hall–Kier alpha value is -1.36. The van der Waals surface area contributed by atoms with Gasteiger partial charge in [0.15, 0.2) is 0 Å². The second-order valence-corrected chi connectivity index (χ2v) is 3.52. The molecular formula is C10H16N2O3. The standard InChI is InChI=1S/C10H16N2O3/c1-7-9(6-10(14)15)8(2)12(11-7)4-3-5-13/h13H,3-6H2,1-2H3,(H,14,15). The third-order valence-corrected chi connectivity index (χ3v) is 2.39. The molecule has 1 heterocycles. The largest absolute Gasteiger partial charge is 0.481 e. The average Bonchev–Trinajstić information content (AvgIpc) is 2.42. The molecule has 0 bridgehead atoms. The molecule has 0 radical (unpaired) electrons. The van der Waals surface area contributed by atoms with Crippen LogP contribution >= 0.6 is 0 Å². The van der Waals surface area contributed by atoms with Gasteiger partial charge < -0.3 is 10.2 Å². The van der Waals surface area contributed by atoms with Crippen molar-refractivity contribution >= 4 is 5.97 Å². The third-order valence-electron chi connectivity index (χ3n) is 2.39. The highest BCUT2D eigenvalue weighted by atomic mass is 16.4. The quantitative estimate of drug-likeness (QED) is 0.745. The molecule has 0 aromatic carbocycles. The number of aliphatic carboxylic acids is 1. The molecule has 5 heteroatoms. The van der Waals surface area contributed by atoms with Crippen LogP contribution in [-0.2, 0) is 17.8 Å². The van der Waals surface area contributed by atoms with Crippen LogP contribution in [0.4, 0.5) is 0 Å². The van der Waals surface area contributed by atoms with Gasteiger partial charge in [-0.05, 0) is 20.3 Å². The summed E-state index contributed by atoms with van der Waals surface area (Å²) < 4.78 is 1.75. The van der Waals surface area contributed by atoms with E-state index in [4.69, 9.17) is 10.2 Å². The number of carbonyl (C=O) groups is 1. The molecule has 5 nitrogen and oxygen atoms in total. The van der Waals surface area contributed by atoms with Gasteiger partial charge in [0.25, 0.3) is 0 Å². The highest BCUT2D eigenvalue weighted by Gasteiger charge is 2.13. The number of aliphatic hydroxyl groups is 1. The lowest BCUT2D eigenvalue weighted by Crippen LogP contribution is -2.06. The molecule has 84 valence electrons. The van der Waals surface area contributed by atoms with Crippen molar-refractivity contribution in [3.63, 3.8) is 0 Å². The summed E-state index contributed by atoms with van der Waals surface area (Å²) in [6.45, 7) is 4.41. The molecule has 0 amide bonds. The molecule has 0 saturated carbocycles. The van der Waals surface area contributed by atoms with Gasteiger partial charge in [-0.15, -0.1) is 0 Å². The number of rotatable bonds is 5. The zero-order valence-electron chi connectivity index (χ0n) is 9.03. The smallest absolute Gasteiger partial charge is 0.307 e. The fourth-order valence-corrected chi connectivity index (χ4v) is 1.58. The maximum Gasteiger partial charge on any atom is 0.307 e. The van der Waals surface area contributed by atoms with E-state index in [1.54, 1.807) is 11.6 Å². The zero-order chi connectivity index (χ0) is 11.4. The molecule has 0 aliphatic heterocycles. The van der Waals surface area contributed by atoms with E-state index in [9.17, 15) is 4.79 Å². The second kappa shape index (κ2) is 4.93. The van der Waals surface area contributed by atoms with Crippen molar-refractivity contribution in [3.8, 4) is 0 Å². The first kappa shape index (κ1) is 11.7. The summed E-state index contributed by atoms with van der Waals surface area (Å²) in [5.41, 5.74) is 2.41. The Bertz CT molecular complexity index is 358. The van der Waals surface area contributed by atoms with Crippen LogP contribution in [0.1, 0.15) is 23.4 Å². The van der Waals surface area contributed by atoms with Crippen molar-refractivity contribution in [2.45, 2.75) is 33.2 Å². The summed E-state index contributed by atoms with van der Waals surface area (Å²) >= 11 is 0. The Kier molecular flexibility index (Phi) is 3.85. The van der Waals surface area contributed by atoms with Crippen molar-refractivity contribution in [2.75, 3.05) is 6.61 Å². The van der Waals surface area contributed by atoms with E-state index in [2.05, 4.69) is 5.10 Å². The van der Waals surface area contributed by atoms with Crippen molar-refractivity contribution in [1.82, 2.24) is 9.78 Å². The van der Waals surface area contributed by atoms with Crippen molar-refractivity contribution in [3.05, 3.63) is 17.0 Å². The summed E-state index contributed by atoms with van der Waals surface area (Å²) in [5, 5.41) is 21.7. The topological polar surface area (TPSA) is 75.3 Å². The maximum atomic E-state index is 10.6. The monoisotopic (exact) mass is 212 g/mol. The normalized spacial score (nSPS) is 10.6. The Morgan fingerprint density at radius 2 is 2.13 bits per heavy atom. The molecule has 0 saturated heterocycles. The summed E-state index contributed by atoms with van der Waals surface area (Å²) in [6, 6.07) is 0. The SMILES string of the molecule is Cc1nn(CCCO)c(C)c1CC(=O)O. The molecule has 15 heavy (non-hydrogen) atoms. The number of hydrogen-bond acceptors (Lipinski definition) is 3. The highest BCUT2D eigenvalue weighted by molar-refractivity contribution is 5.70. The fourth-order valence-electron chi connectivity index (χ4n) is 1.58. The number of carboxylic acids is 1. The maximum absolute atomic E-state index is 10.6. The minimum atomic E-state index is -0.845. The van der Waals surface area contributed by atoms with E-state index >= 15 is 0 Å². The molecule has 2 N–H and O–H groups in total. The van der Waals surface area contributed by atoms with Gasteiger partial charge in [-0.2, -0.15) is 5.10 Å². The van der Waals surface area contributed by atoms with Gasteiger partial charge in [0, 0.05) is 24.4 Å². The number of aryl methyl sites for hydroxylation is 2. The van der Waals surface area contributed by atoms with Gasteiger partial charge in [-0.3, -0.25) is 9.48 Å². The Morgan fingerprint density at radius 1 is 1.47 bits per heavy atom. The minimum Gasteiger partial charge on any atom is -0.481 e. The molecule has 0 unspecified atom stereocenters. The number of hydrogen-bond donors (Lipinski definition) is 2. The van der Waals surface area contributed by atoms with Crippen LogP contribution in [0.5, 0.6) is 0 Å². The predicted molar refractivity (Wildman–Crippen MR) is 54.7 cm³/mol. The molecule has 0 fully saturated rings. The lowest BCUT2D eigenvalue weighted by molar-refractivity contribution is -0.136. The first-order valence-corrected chi connectivity index (χ1v) is 4.91. The fraction of sp³-hybridized carbons (Fsp3) is 0.600. The van der Waals surface area contributed by atoms with E-state index in [0.29, 0.717) is 13.0 Å². The lowest BCUT2D eigenvalue weighted by atomic mass is 10.1. The van der Waals surface area contributed by atoms with Crippen LogP contribution in [-0.4, -0.2) is 32.6 Å². The highest BCUT2D eigenvalue weighted by Crippen LogP contribution is 2.14. The third kappa shape index (κ3) is 2.79. The molecule has 0 atom stereocenters. The molecule has 0 aliphatic rings. The average molecular weight is 212 g/mol. The van der Waals surface area contributed by atoms with Crippen LogP contribution in [0, 0.1) is 13.8 Å². The Balaban J connectivity index is 2.87. The van der Waals surface area contributed by atoms with Crippen molar-refractivity contribution in [1.29, 1.82) is 0 Å². The first-order chi connectivity index (χ1) is 7.06. The van der Waals surface area contributed by atoms with Crippen LogP contribution in [0.2, 0.25) is 0 Å². The van der Waals surface area contributed by atoms with E-state index in [-0.39, 0.29) is 13.0 Å². The Labute approximate surface area is 88.3 Å². The number of carboxylic acid groups (broad SMARTS) is 1. The van der Waals surface area contributed by atoms with E-state index in [0.717, 1.165) is 17.0 Å². The van der Waals surface area contributed by atoms with Gasteiger partial charge in [-0.25, -0.2) is 0 Å². The van der Waals surface area contributed by atoms with Crippen molar-refractivity contribution < 1.29 is 15.0 Å². The van der Waals surface area contributed by atoms with Crippen LogP contribution in [0.15, 0.2) is 0 Å². The number of nitrogens with zero attached hydrogens (tertiary/aromatic N) is 2. The van der Waals surface area contributed by atoms with Gasteiger partial charge in [-0.1, -0.05) is 0 Å². The molecular weight excluding hydrogens is 196 g/mol. The van der Waals surface area contributed by atoms with Crippen LogP contribution < -0.4 is 0 Å². The number of aliphatic hydroxyl groups excluding tert-OH is 1. The Morgan fingerprint density at radius 3 is 2.67 bits per heavy atom.